The van der Waals surface area contributed by atoms with Gasteiger partial charge in [-0.1, -0.05) is 30.3 Å². The third kappa shape index (κ3) is 4.88. The lowest BCUT2D eigenvalue weighted by Crippen LogP contribution is -2.50. The summed E-state index contributed by atoms with van der Waals surface area (Å²) in [4.78, 5) is 29.4. The van der Waals surface area contributed by atoms with Gasteiger partial charge in [-0.15, -0.1) is 11.3 Å². The number of hydrogen-bond acceptors (Lipinski definition) is 4. The first kappa shape index (κ1) is 21.3. The van der Waals surface area contributed by atoms with Crippen LogP contribution in [0.25, 0.3) is 10.1 Å². The van der Waals surface area contributed by atoms with E-state index < -0.39 is 17.6 Å². The van der Waals surface area contributed by atoms with E-state index in [1.807, 2.05) is 35.2 Å². The molecule has 4 rings (SSSR count). The molecule has 2 heterocycles. The molecule has 0 saturated carbocycles. The van der Waals surface area contributed by atoms with Gasteiger partial charge in [0.15, 0.2) is 0 Å². The minimum atomic E-state index is -4.54. The van der Waals surface area contributed by atoms with Crippen molar-refractivity contribution in [1.82, 2.24) is 9.80 Å². The van der Waals surface area contributed by atoms with Crippen molar-refractivity contribution in [3.8, 4) is 0 Å². The maximum atomic E-state index is 13.1. The van der Waals surface area contributed by atoms with Gasteiger partial charge >= 0.3 is 6.18 Å². The molecule has 1 N–H and O–H groups in total. The number of hydrogen-bond donors (Lipinski definition) is 1. The Hall–Kier alpha value is -2.91. The Bertz CT molecular complexity index is 1070. The van der Waals surface area contributed by atoms with Crippen LogP contribution in [-0.2, 0) is 11.0 Å². The highest BCUT2D eigenvalue weighted by atomic mass is 32.1. The van der Waals surface area contributed by atoms with Crippen LogP contribution in [-0.4, -0.2) is 54.3 Å². The third-order valence-corrected chi connectivity index (χ3v) is 6.27. The summed E-state index contributed by atoms with van der Waals surface area (Å²) >= 11 is 1.45. The average Bonchev–Trinajstić information content (AvgIpc) is 3.17. The minimum absolute atomic E-state index is 0.0306. The number of anilines is 1. The van der Waals surface area contributed by atoms with E-state index in [0.29, 0.717) is 31.1 Å². The largest absolute Gasteiger partial charge is 0.418 e. The molecule has 1 aromatic heterocycles. The first-order valence-electron chi connectivity index (χ1n) is 9.77. The highest BCUT2D eigenvalue weighted by Crippen LogP contribution is 2.34. The number of piperazine rings is 1. The molecule has 1 fully saturated rings. The molecular formula is C22H20F3N3O2S. The Labute approximate surface area is 181 Å². The van der Waals surface area contributed by atoms with E-state index in [4.69, 9.17) is 0 Å². The monoisotopic (exact) mass is 447 g/mol. The zero-order chi connectivity index (χ0) is 22.0. The van der Waals surface area contributed by atoms with Gasteiger partial charge in [-0.05, 0) is 29.7 Å². The van der Waals surface area contributed by atoms with Crippen LogP contribution in [0.1, 0.15) is 15.2 Å². The van der Waals surface area contributed by atoms with E-state index in [9.17, 15) is 22.8 Å². The predicted molar refractivity (Wildman–Crippen MR) is 114 cm³/mol. The number of alkyl halides is 3. The maximum absolute atomic E-state index is 13.1. The molecular weight excluding hydrogens is 427 g/mol. The van der Waals surface area contributed by atoms with Crippen LogP contribution < -0.4 is 5.32 Å². The number of carbonyl (C=O) groups excluding carboxylic acids is 2. The van der Waals surface area contributed by atoms with Crippen LogP contribution in [0, 0.1) is 0 Å². The lowest BCUT2D eigenvalue weighted by Gasteiger charge is -2.34. The Morgan fingerprint density at radius 2 is 1.65 bits per heavy atom. The Morgan fingerprint density at radius 1 is 0.968 bits per heavy atom. The molecule has 0 spiro atoms. The lowest BCUT2D eigenvalue weighted by atomic mass is 10.1. The minimum Gasteiger partial charge on any atom is -0.335 e. The molecule has 1 aliphatic heterocycles. The quantitative estimate of drug-likeness (QED) is 0.648. The van der Waals surface area contributed by atoms with E-state index in [1.165, 1.54) is 29.5 Å². The Kier molecular flexibility index (Phi) is 5.97. The number of benzene rings is 2. The molecule has 9 heteroatoms. The smallest absolute Gasteiger partial charge is 0.335 e. The van der Waals surface area contributed by atoms with Gasteiger partial charge in [0.2, 0.25) is 5.91 Å². The zero-order valence-electron chi connectivity index (χ0n) is 16.5. The van der Waals surface area contributed by atoms with Crippen molar-refractivity contribution in [2.24, 2.45) is 0 Å². The molecule has 3 aromatic rings. The second-order valence-electron chi connectivity index (χ2n) is 7.31. The summed E-state index contributed by atoms with van der Waals surface area (Å²) in [5.41, 5.74) is -1.12. The topological polar surface area (TPSA) is 52.7 Å². The van der Waals surface area contributed by atoms with E-state index in [0.717, 1.165) is 16.2 Å². The van der Waals surface area contributed by atoms with Crippen molar-refractivity contribution >= 4 is 38.9 Å². The molecule has 0 atom stereocenters. The van der Waals surface area contributed by atoms with Crippen LogP contribution >= 0.6 is 11.3 Å². The number of carbonyl (C=O) groups is 2. The van der Waals surface area contributed by atoms with Crippen LogP contribution in [0.15, 0.2) is 54.6 Å². The van der Waals surface area contributed by atoms with Crippen LogP contribution in [0.2, 0.25) is 0 Å². The van der Waals surface area contributed by atoms with Crippen molar-refractivity contribution in [3.05, 3.63) is 65.0 Å². The molecule has 0 bridgehead atoms. The number of amides is 2. The number of fused-ring (bicyclic) bond motifs is 1. The summed E-state index contributed by atoms with van der Waals surface area (Å²) in [7, 11) is 0. The summed E-state index contributed by atoms with van der Waals surface area (Å²) in [6.07, 6.45) is -4.54. The third-order valence-electron chi connectivity index (χ3n) is 5.17. The fourth-order valence-corrected chi connectivity index (χ4v) is 4.61. The highest BCUT2D eigenvalue weighted by Gasteiger charge is 2.33. The van der Waals surface area contributed by atoms with Gasteiger partial charge in [0.05, 0.1) is 22.7 Å². The van der Waals surface area contributed by atoms with Crippen molar-refractivity contribution in [2.45, 2.75) is 6.18 Å². The molecule has 162 valence electrons. The number of para-hydroxylation sites is 1. The highest BCUT2D eigenvalue weighted by molar-refractivity contribution is 7.20. The Balaban J connectivity index is 1.32. The SMILES string of the molecule is O=C(CN1CCN(C(=O)c2cc3ccccc3s2)CC1)Nc1ccccc1C(F)(F)F. The van der Waals surface area contributed by atoms with Crippen LogP contribution in [0.4, 0.5) is 18.9 Å². The second kappa shape index (κ2) is 8.68. The predicted octanol–water partition coefficient (Wildman–Crippen LogP) is 4.32. The molecule has 0 unspecified atom stereocenters. The van der Waals surface area contributed by atoms with Gasteiger partial charge in [-0.2, -0.15) is 13.2 Å². The van der Waals surface area contributed by atoms with E-state index in [2.05, 4.69) is 5.32 Å². The van der Waals surface area contributed by atoms with Gasteiger partial charge < -0.3 is 10.2 Å². The van der Waals surface area contributed by atoms with Gasteiger partial charge in [0.25, 0.3) is 5.91 Å². The molecule has 31 heavy (non-hydrogen) atoms. The molecule has 0 radical (unpaired) electrons. The van der Waals surface area contributed by atoms with Crippen LogP contribution in [0.5, 0.6) is 0 Å². The zero-order valence-corrected chi connectivity index (χ0v) is 17.3. The van der Waals surface area contributed by atoms with Gasteiger partial charge in [0.1, 0.15) is 0 Å². The van der Waals surface area contributed by atoms with E-state index in [-0.39, 0.29) is 18.1 Å². The van der Waals surface area contributed by atoms with Crippen LogP contribution in [0.3, 0.4) is 0 Å². The number of thiophene rings is 1. The number of halogens is 3. The normalized spacial score (nSPS) is 15.3. The summed E-state index contributed by atoms with van der Waals surface area (Å²) in [6, 6.07) is 14.6. The molecule has 1 aliphatic rings. The number of nitrogens with zero attached hydrogens (tertiary/aromatic N) is 2. The second-order valence-corrected chi connectivity index (χ2v) is 8.39. The summed E-state index contributed by atoms with van der Waals surface area (Å²) in [5.74, 6) is -0.551. The fraction of sp³-hybridized carbons (Fsp3) is 0.273. The fourth-order valence-electron chi connectivity index (χ4n) is 3.58. The molecule has 5 nitrogen and oxygen atoms in total. The van der Waals surface area contributed by atoms with E-state index >= 15 is 0 Å². The standard InChI is InChI=1S/C22H20F3N3O2S/c23-22(24,25)16-6-2-3-7-17(16)26-20(29)14-27-9-11-28(12-10-27)21(30)19-13-15-5-1-4-8-18(15)31-19/h1-8,13H,9-12,14H2,(H,26,29). The van der Waals surface area contributed by atoms with Gasteiger partial charge in [0, 0.05) is 30.9 Å². The molecule has 2 amide bonds. The first-order chi connectivity index (χ1) is 14.8. The van der Waals surface area contributed by atoms with E-state index in [1.54, 1.807) is 4.90 Å². The van der Waals surface area contributed by atoms with Gasteiger partial charge in [-0.25, -0.2) is 0 Å². The molecule has 1 saturated heterocycles. The molecule has 0 aliphatic carbocycles. The van der Waals surface area contributed by atoms with Crippen molar-refractivity contribution in [3.63, 3.8) is 0 Å². The summed E-state index contributed by atoms with van der Waals surface area (Å²) < 4.78 is 40.3. The summed E-state index contributed by atoms with van der Waals surface area (Å²) in [6.45, 7) is 1.84. The van der Waals surface area contributed by atoms with Crippen molar-refractivity contribution in [1.29, 1.82) is 0 Å². The maximum Gasteiger partial charge on any atom is 0.418 e. The Morgan fingerprint density at radius 3 is 2.35 bits per heavy atom. The summed E-state index contributed by atoms with van der Waals surface area (Å²) in [5, 5.41) is 3.39. The lowest BCUT2D eigenvalue weighted by molar-refractivity contribution is -0.137. The van der Waals surface area contributed by atoms with Crippen molar-refractivity contribution < 1.29 is 22.8 Å². The van der Waals surface area contributed by atoms with Gasteiger partial charge in [-0.3, -0.25) is 14.5 Å². The van der Waals surface area contributed by atoms with Crippen molar-refractivity contribution in [2.75, 3.05) is 38.0 Å². The number of nitrogens with one attached hydrogen (secondary N) is 1. The first-order valence-corrected chi connectivity index (χ1v) is 10.6. The molecule has 2 aromatic carbocycles. The number of rotatable bonds is 4. The average molecular weight is 447 g/mol.